The molecule has 0 fully saturated rings. The van der Waals surface area contributed by atoms with Crippen molar-refractivity contribution < 1.29 is 23.7 Å². The number of carbonyl (C=O) groups excluding carboxylic acids is 2. The Kier molecular flexibility index (Phi) is 5.68. The van der Waals surface area contributed by atoms with E-state index in [1.54, 1.807) is 6.07 Å². The number of halogens is 2. The van der Waals surface area contributed by atoms with E-state index in [2.05, 4.69) is 15.6 Å². The fourth-order valence-electron chi connectivity index (χ4n) is 3.90. The lowest BCUT2D eigenvalue weighted by Crippen LogP contribution is -2.45. The highest BCUT2D eigenvalue weighted by Gasteiger charge is 2.36. The number of nitro groups is 1. The van der Waals surface area contributed by atoms with Crippen molar-refractivity contribution in [1.29, 1.82) is 0 Å². The molecular weight excluding hydrogens is 507 g/mol. The van der Waals surface area contributed by atoms with Crippen LogP contribution in [0.1, 0.15) is 27.7 Å². The maximum absolute atomic E-state index is 12.7. The van der Waals surface area contributed by atoms with E-state index in [-0.39, 0.29) is 11.6 Å². The van der Waals surface area contributed by atoms with Gasteiger partial charge in [-0.1, -0.05) is 47.5 Å². The Labute approximate surface area is 204 Å². The fraction of sp³-hybridized carbons (Fsp3) is 0.143. The number of nitrogens with zero attached hydrogens (tertiary/aromatic N) is 1. The first-order valence-corrected chi connectivity index (χ1v) is 11.4. The Bertz CT molecular complexity index is 1440. The van der Waals surface area contributed by atoms with Crippen LogP contribution in [0.2, 0.25) is 9.36 Å². The molecule has 3 aromatic heterocycles. The number of furan rings is 1. The topological polar surface area (TPSA) is 140 Å². The minimum atomic E-state index is -0.734. The van der Waals surface area contributed by atoms with Crippen molar-refractivity contribution in [2.24, 2.45) is 0 Å². The van der Waals surface area contributed by atoms with E-state index in [0.29, 0.717) is 21.3 Å². The van der Waals surface area contributed by atoms with Crippen molar-refractivity contribution >= 4 is 62.6 Å². The van der Waals surface area contributed by atoms with Gasteiger partial charge in [0.05, 0.1) is 33.4 Å². The van der Waals surface area contributed by atoms with Gasteiger partial charge in [0.15, 0.2) is 5.76 Å². The summed E-state index contributed by atoms with van der Waals surface area (Å²) >= 11 is 13.4. The lowest BCUT2D eigenvalue weighted by atomic mass is 10.1. The molecule has 4 aromatic rings. The second-order valence-electron chi connectivity index (χ2n) is 7.45. The van der Waals surface area contributed by atoms with Crippen LogP contribution < -0.4 is 15.4 Å². The minimum absolute atomic E-state index is 0.191. The fourth-order valence-corrected chi connectivity index (χ4v) is 5.37. The molecule has 34 heavy (non-hydrogen) atoms. The molecule has 2 amide bonds. The van der Waals surface area contributed by atoms with E-state index >= 15 is 0 Å². The number of hydrogen-bond donors (Lipinski definition) is 3. The molecule has 0 spiro atoms. The van der Waals surface area contributed by atoms with Gasteiger partial charge < -0.3 is 24.8 Å². The van der Waals surface area contributed by atoms with Gasteiger partial charge in [-0.15, -0.1) is 11.3 Å². The summed E-state index contributed by atoms with van der Waals surface area (Å²) in [5, 5.41) is 16.8. The summed E-state index contributed by atoms with van der Waals surface area (Å²) in [6.07, 6.45) is -0.294. The number of H-pyrrole nitrogens is 1. The molecule has 1 aliphatic carbocycles. The molecular formula is C21H14Cl2N4O6S. The Morgan fingerprint density at radius 2 is 2.00 bits per heavy atom. The second-order valence-corrected chi connectivity index (χ2v) is 9.48. The van der Waals surface area contributed by atoms with Gasteiger partial charge in [0.2, 0.25) is 5.88 Å². The number of benzene rings is 1. The number of thiophene rings is 1. The smallest absolute Gasteiger partial charge is 0.395 e. The Morgan fingerprint density at radius 3 is 2.74 bits per heavy atom. The average Bonchev–Trinajstić information content (AvgIpc) is 3.55. The van der Waals surface area contributed by atoms with E-state index in [1.807, 2.05) is 24.3 Å². The number of aromatic nitrogens is 1. The zero-order valence-corrected chi connectivity index (χ0v) is 19.3. The molecule has 1 aliphatic rings. The van der Waals surface area contributed by atoms with Crippen molar-refractivity contribution in [3.63, 3.8) is 0 Å². The van der Waals surface area contributed by atoms with Gasteiger partial charge in [-0.2, -0.15) is 0 Å². The van der Waals surface area contributed by atoms with Crippen LogP contribution in [0.4, 0.5) is 10.7 Å². The summed E-state index contributed by atoms with van der Waals surface area (Å²) in [6.45, 7) is 0. The zero-order chi connectivity index (χ0) is 24.0. The van der Waals surface area contributed by atoms with E-state index in [4.69, 9.17) is 32.4 Å². The molecule has 3 N–H and O–H groups in total. The Hall–Kier alpha value is -3.54. The Morgan fingerprint density at radius 1 is 1.21 bits per heavy atom. The molecule has 0 unspecified atom stereocenters. The second kappa shape index (κ2) is 8.67. The third-order valence-corrected chi connectivity index (χ3v) is 7.30. The molecule has 0 aliphatic heterocycles. The first-order valence-electron chi connectivity index (χ1n) is 9.88. The SMILES string of the molecule is O=C(N[C@H]1Cc2ccccc2[C@@H]1NC(=O)c1ccc([N+](=O)[O-])o1)Oc1cc2sc(Cl)c(Cl)c2[nH]1. The van der Waals surface area contributed by atoms with Crippen molar-refractivity contribution in [3.8, 4) is 5.88 Å². The number of rotatable bonds is 5. The molecule has 2 atom stereocenters. The van der Waals surface area contributed by atoms with Gasteiger partial charge in [-0.05, 0) is 23.6 Å². The van der Waals surface area contributed by atoms with Crippen LogP contribution in [0.15, 0.2) is 46.9 Å². The van der Waals surface area contributed by atoms with Crippen LogP contribution >= 0.6 is 34.5 Å². The first-order chi connectivity index (χ1) is 16.3. The minimum Gasteiger partial charge on any atom is -0.395 e. The highest BCUT2D eigenvalue weighted by atomic mass is 35.5. The number of aromatic amines is 1. The number of fused-ring (bicyclic) bond motifs is 2. The van der Waals surface area contributed by atoms with Gasteiger partial charge in [0.1, 0.15) is 9.26 Å². The molecule has 0 bridgehead atoms. The molecule has 3 heterocycles. The van der Waals surface area contributed by atoms with Gasteiger partial charge in [0, 0.05) is 6.07 Å². The molecule has 0 radical (unpaired) electrons. The maximum Gasteiger partial charge on any atom is 0.433 e. The van der Waals surface area contributed by atoms with Crippen LogP contribution in [0.5, 0.6) is 5.88 Å². The molecule has 174 valence electrons. The third kappa shape index (κ3) is 4.09. The normalized spacial score (nSPS) is 16.9. The van der Waals surface area contributed by atoms with E-state index in [1.165, 1.54) is 17.4 Å². The van der Waals surface area contributed by atoms with Crippen molar-refractivity contribution in [2.45, 2.75) is 18.5 Å². The molecule has 1 aromatic carbocycles. The quantitative estimate of drug-likeness (QED) is 0.243. The maximum atomic E-state index is 12.7. The molecule has 0 saturated carbocycles. The number of ether oxygens (including phenoxy) is 1. The van der Waals surface area contributed by atoms with Gasteiger partial charge in [0.25, 0.3) is 5.91 Å². The van der Waals surface area contributed by atoms with Crippen LogP contribution in [-0.2, 0) is 6.42 Å². The third-order valence-electron chi connectivity index (χ3n) is 5.37. The molecule has 10 nitrogen and oxygen atoms in total. The summed E-state index contributed by atoms with van der Waals surface area (Å²) in [7, 11) is 0. The number of carbonyl (C=O) groups is 2. The molecule has 13 heteroatoms. The summed E-state index contributed by atoms with van der Waals surface area (Å²) in [5.74, 6) is -1.20. The lowest BCUT2D eigenvalue weighted by Gasteiger charge is -2.22. The number of nitrogens with one attached hydrogen (secondary N) is 3. The van der Waals surface area contributed by atoms with Gasteiger partial charge in [-0.3, -0.25) is 14.9 Å². The summed E-state index contributed by atoms with van der Waals surface area (Å²) in [5.41, 5.74) is 2.32. The van der Waals surface area contributed by atoms with E-state index in [0.717, 1.165) is 21.9 Å². The monoisotopic (exact) mass is 520 g/mol. The van der Waals surface area contributed by atoms with Crippen LogP contribution in [0.3, 0.4) is 0 Å². The van der Waals surface area contributed by atoms with Crippen LogP contribution in [-0.4, -0.2) is 27.9 Å². The van der Waals surface area contributed by atoms with Crippen LogP contribution in [0.25, 0.3) is 10.2 Å². The van der Waals surface area contributed by atoms with Crippen molar-refractivity contribution in [1.82, 2.24) is 15.6 Å². The van der Waals surface area contributed by atoms with Crippen LogP contribution in [0, 0.1) is 10.1 Å². The standard InChI is InChI=1S/C21H14Cl2N4O6S/c22-16-18-13(34-19(16)23)8-14(25-18)33-21(29)24-11-7-9-3-1-2-4-10(9)17(11)26-20(28)12-5-6-15(32-12)27(30)31/h1-6,8,11,17,25H,7H2,(H,24,29)(H,26,28)/t11-,17-/m0/s1. The number of hydrogen-bond acceptors (Lipinski definition) is 7. The van der Waals surface area contributed by atoms with E-state index in [9.17, 15) is 19.7 Å². The average molecular weight is 521 g/mol. The summed E-state index contributed by atoms with van der Waals surface area (Å²) < 4.78 is 11.5. The predicted molar refractivity (Wildman–Crippen MR) is 125 cm³/mol. The largest absolute Gasteiger partial charge is 0.433 e. The van der Waals surface area contributed by atoms with Crippen molar-refractivity contribution in [3.05, 3.63) is 78.8 Å². The van der Waals surface area contributed by atoms with E-state index < -0.39 is 34.9 Å². The molecule has 0 saturated heterocycles. The molecule has 5 rings (SSSR count). The number of amides is 2. The summed E-state index contributed by atoms with van der Waals surface area (Å²) in [4.78, 5) is 38.4. The lowest BCUT2D eigenvalue weighted by molar-refractivity contribution is -0.402. The zero-order valence-electron chi connectivity index (χ0n) is 17.0. The predicted octanol–water partition coefficient (Wildman–Crippen LogP) is 5.22. The Balaban J connectivity index is 1.32. The highest BCUT2D eigenvalue weighted by molar-refractivity contribution is 7.23. The van der Waals surface area contributed by atoms with Gasteiger partial charge >= 0.3 is 12.0 Å². The van der Waals surface area contributed by atoms with Gasteiger partial charge in [-0.25, -0.2) is 4.79 Å². The highest BCUT2D eigenvalue weighted by Crippen LogP contribution is 2.40. The summed E-state index contributed by atoms with van der Waals surface area (Å²) in [6, 6.07) is 10.2. The van der Waals surface area contributed by atoms with Crippen molar-refractivity contribution in [2.75, 3.05) is 0 Å². The first kappa shape index (κ1) is 22.3.